The lowest BCUT2D eigenvalue weighted by atomic mass is 10.0. The quantitative estimate of drug-likeness (QED) is 0.791. The summed E-state index contributed by atoms with van der Waals surface area (Å²) < 4.78 is 13.0. The van der Waals surface area contributed by atoms with E-state index in [1.807, 2.05) is 6.07 Å². The highest BCUT2D eigenvalue weighted by atomic mass is 19.1. The molecule has 1 aromatic carbocycles. The highest BCUT2D eigenvalue weighted by Crippen LogP contribution is 2.18. The van der Waals surface area contributed by atoms with Crippen LogP contribution in [0.25, 0.3) is 0 Å². The van der Waals surface area contributed by atoms with Crippen molar-refractivity contribution in [1.29, 1.82) is 0 Å². The first kappa shape index (κ1) is 12.0. The van der Waals surface area contributed by atoms with E-state index in [1.54, 1.807) is 13.0 Å². The number of benzene rings is 1. The van der Waals surface area contributed by atoms with E-state index >= 15 is 0 Å². The second-order valence-corrected chi connectivity index (χ2v) is 4.37. The van der Waals surface area contributed by atoms with Gasteiger partial charge in [-0.25, -0.2) is 4.39 Å². The summed E-state index contributed by atoms with van der Waals surface area (Å²) in [5, 5.41) is 3.43. The lowest BCUT2D eigenvalue weighted by Crippen LogP contribution is -2.24. The van der Waals surface area contributed by atoms with Crippen molar-refractivity contribution in [3.05, 3.63) is 29.6 Å². The zero-order chi connectivity index (χ0) is 11.4. The normalized spacial score (nSPS) is 12.9. The van der Waals surface area contributed by atoms with E-state index in [0.29, 0.717) is 17.5 Å². The van der Waals surface area contributed by atoms with Gasteiger partial charge >= 0.3 is 0 Å². The van der Waals surface area contributed by atoms with E-state index in [-0.39, 0.29) is 5.82 Å². The molecule has 0 amide bonds. The molecular weight excluding hydrogens is 189 g/mol. The van der Waals surface area contributed by atoms with Gasteiger partial charge in [-0.1, -0.05) is 20.8 Å². The van der Waals surface area contributed by atoms with Gasteiger partial charge in [-0.15, -0.1) is 0 Å². The molecule has 0 saturated heterocycles. The summed E-state index contributed by atoms with van der Waals surface area (Å²) in [4.78, 5) is 0. The number of rotatable bonds is 4. The summed E-state index contributed by atoms with van der Waals surface area (Å²) >= 11 is 0. The van der Waals surface area contributed by atoms with Crippen molar-refractivity contribution in [3.8, 4) is 0 Å². The zero-order valence-electron chi connectivity index (χ0n) is 9.97. The molecule has 0 radical (unpaired) electrons. The van der Waals surface area contributed by atoms with Crippen molar-refractivity contribution < 1.29 is 4.39 Å². The van der Waals surface area contributed by atoms with E-state index in [2.05, 4.69) is 26.1 Å². The number of hydrogen-bond donors (Lipinski definition) is 1. The van der Waals surface area contributed by atoms with Gasteiger partial charge < -0.3 is 5.32 Å². The molecule has 1 nitrogen and oxygen atoms in total. The zero-order valence-corrected chi connectivity index (χ0v) is 9.97. The molecule has 1 aromatic rings. The molecule has 1 N–H and O–H groups in total. The SMILES string of the molecule is CCC(Nc1ccc(F)c(C)c1)C(C)C. The van der Waals surface area contributed by atoms with Crippen molar-refractivity contribution in [2.45, 2.75) is 40.2 Å². The smallest absolute Gasteiger partial charge is 0.126 e. The second kappa shape index (κ2) is 5.15. The van der Waals surface area contributed by atoms with Crippen LogP contribution in [0.4, 0.5) is 10.1 Å². The Morgan fingerprint density at radius 2 is 2.00 bits per heavy atom. The monoisotopic (exact) mass is 209 g/mol. The van der Waals surface area contributed by atoms with Gasteiger partial charge in [0.2, 0.25) is 0 Å². The fourth-order valence-corrected chi connectivity index (χ4v) is 1.69. The number of hydrogen-bond acceptors (Lipinski definition) is 1. The van der Waals surface area contributed by atoms with Crippen LogP contribution in [0.1, 0.15) is 32.8 Å². The first-order valence-electron chi connectivity index (χ1n) is 5.57. The van der Waals surface area contributed by atoms with Crippen LogP contribution in [0.15, 0.2) is 18.2 Å². The van der Waals surface area contributed by atoms with Crippen LogP contribution in [0.5, 0.6) is 0 Å². The molecule has 0 heterocycles. The molecular formula is C13H20FN. The van der Waals surface area contributed by atoms with E-state index in [1.165, 1.54) is 6.07 Å². The molecule has 0 bridgehead atoms. The standard InChI is InChI=1S/C13H20FN/c1-5-13(9(2)3)15-11-6-7-12(14)10(4)8-11/h6-9,13,15H,5H2,1-4H3. The molecule has 0 saturated carbocycles. The Bertz CT molecular complexity index is 320. The molecule has 0 spiro atoms. The van der Waals surface area contributed by atoms with Gasteiger partial charge in [-0.3, -0.25) is 0 Å². The van der Waals surface area contributed by atoms with Crippen LogP contribution >= 0.6 is 0 Å². The Morgan fingerprint density at radius 1 is 1.33 bits per heavy atom. The molecule has 2 heteroatoms. The average molecular weight is 209 g/mol. The average Bonchev–Trinajstić information content (AvgIpc) is 2.19. The second-order valence-electron chi connectivity index (χ2n) is 4.37. The maximum atomic E-state index is 13.0. The molecule has 0 aliphatic rings. The molecule has 84 valence electrons. The number of nitrogens with one attached hydrogen (secondary N) is 1. The summed E-state index contributed by atoms with van der Waals surface area (Å²) in [6, 6.07) is 5.63. The van der Waals surface area contributed by atoms with E-state index in [0.717, 1.165) is 12.1 Å². The minimum absolute atomic E-state index is 0.141. The number of anilines is 1. The minimum Gasteiger partial charge on any atom is -0.382 e. The first-order valence-corrected chi connectivity index (χ1v) is 5.57. The van der Waals surface area contributed by atoms with E-state index < -0.39 is 0 Å². The summed E-state index contributed by atoms with van der Waals surface area (Å²) in [6.45, 7) is 8.33. The predicted molar refractivity (Wildman–Crippen MR) is 63.7 cm³/mol. The Kier molecular flexibility index (Phi) is 4.13. The van der Waals surface area contributed by atoms with Crippen LogP contribution < -0.4 is 5.32 Å². The van der Waals surface area contributed by atoms with Gasteiger partial charge in [0.1, 0.15) is 5.82 Å². The third-order valence-corrected chi connectivity index (χ3v) is 2.75. The van der Waals surface area contributed by atoms with Crippen LogP contribution in [-0.2, 0) is 0 Å². The highest BCUT2D eigenvalue weighted by molar-refractivity contribution is 5.46. The predicted octanol–water partition coefficient (Wildman–Crippen LogP) is 3.98. The summed E-state index contributed by atoms with van der Waals surface area (Å²) in [6.07, 6.45) is 1.08. The molecule has 15 heavy (non-hydrogen) atoms. The molecule has 1 unspecified atom stereocenters. The molecule has 1 rings (SSSR count). The molecule has 1 atom stereocenters. The van der Waals surface area contributed by atoms with Gasteiger partial charge in [-0.2, -0.15) is 0 Å². The van der Waals surface area contributed by atoms with Crippen molar-refractivity contribution in [1.82, 2.24) is 0 Å². The molecule has 0 aliphatic carbocycles. The Hall–Kier alpha value is -1.05. The summed E-state index contributed by atoms with van der Waals surface area (Å²) in [5.74, 6) is 0.443. The first-order chi connectivity index (χ1) is 7.04. The topological polar surface area (TPSA) is 12.0 Å². The largest absolute Gasteiger partial charge is 0.382 e. The maximum Gasteiger partial charge on any atom is 0.126 e. The minimum atomic E-state index is -0.141. The third kappa shape index (κ3) is 3.22. The van der Waals surface area contributed by atoms with Gasteiger partial charge in [0.25, 0.3) is 0 Å². The van der Waals surface area contributed by atoms with Gasteiger partial charge in [0.05, 0.1) is 0 Å². The van der Waals surface area contributed by atoms with E-state index in [9.17, 15) is 4.39 Å². The van der Waals surface area contributed by atoms with Gasteiger partial charge in [-0.05, 0) is 43.0 Å². The van der Waals surface area contributed by atoms with Crippen molar-refractivity contribution in [3.63, 3.8) is 0 Å². The van der Waals surface area contributed by atoms with Crippen LogP contribution in [0.2, 0.25) is 0 Å². The van der Waals surface area contributed by atoms with Gasteiger partial charge in [0, 0.05) is 11.7 Å². The Labute approximate surface area is 91.7 Å². The molecule has 0 fully saturated rings. The fraction of sp³-hybridized carbons (Fsp3) is 0.538. The Morgan fingerprint density at radius 3 is 2.47 bits per heavy atom. The summed E-state index contributed by atoms with van der Waals surface area (Å²) in [7, 11) is 0. The highest BCUT2D eigenvalue weighted by Gasteiger charge is 2.10. The lowest BCUT2D eigenvalue weighted by molar-refractivity contribution is 0.511. The lowest BCUT2D eigenvalue weighted by Gasteiger charge is -2.22. The maximum absolute atomic E-state index is 13.0. The van der Waals surface area contributed by atoms with Crippen molar-refractivity contribution in [2.24, 2.45) is 5.92 Å². The fourth-order valence-electron chi connectivity index (χ4n) is 1.69. The van der Waals surface area contributed by atoms with Gasteiger partial charge in [0.15, 0.2) is 0 Å². The Balaban J connectivity index is 2.75. The van der Waals surface area contributed by atoms with Crippen LogP contribution in [0, 0.1) is 18.7 Å². The van der Waals surface area contributed by atoms with Crippen molar-refractivity contribution >= 4 is 5.69 Å². The number of halogens is 1. The third-order valence-electron chi connectivity index (χ3n) is 2.75. The molecule has 0 aromatic heterocycles. The molecule has 0 aliphatic heterocycles. The van der Waals surface area contributed by atoms with E-state index in [4.69, 9.17) is 0 Å². The van der Waals surface area contributed by atoms with Crippen LogP contribution in [0.3, 0.4) is 0 Å². The van der Waals surface area contributed by atoms with Crippen LogP contribution in [-0.4, -0.2) is 6.04 Å². The van der Waals surface area contributed by atoms with Crippen molar-refractivity contribution in [2.75, 3.05) is 5.32 Å². The number of aryl methyl sites for hydroxylation is 1. The summed E-state index contributed by atoms with van der Waals surface area (Å²) in [5.41, 5.74) is 1.70.